The van der Waals surface area contributed by atoms with Crippen molar-refractivity contribution in [1.82, 2.24) is 0 Å². The Labute approximate surface area is 258 Å². The minimum Gasteiger partial charge on any atom is -0.0649 e. The third-order valence-corrected chi connectivity index (χ3v) is 13.1. The molecule has 2 atom stereocenters. The van der Waals surface area contributed by atoms with E-state index >= 15 is 0 Å². The van der Waals surface area contributed by atoms with Crippen molar-refractivity contribution in [2.45, 2.75) is 183 Å². The van der Waals surface area contributed by atoms with E-state index in [0.29, 0.717) is 16.2 Å². The summed E-state index contributed by atoms with van der Waals surface area (Å²) < 4.78 is 0. The molecule has 0 radical (unpaired) electrons. The van der Waals surface area contributed by atoms with E-state index in [1.54, 1.807) is 18.4 Å². The predicted octanol–water partition coefficient (Wildman–Crippen LogP) is 13.8. The molecular weight excluding hydrogens is 492 g/mol. The Morgan fingerprint density at radius 2 is 1.00 bits per heavy atom. The topological polar surface area (TPSA) is 0 Å². The van der Waals surface area contributed by atoms with Gasteiger partial charge in [-0.3, -0.25) is 0 Å². The van der Waals surface area contributed by atoms with Crippen molar-refractivity contribution in [2.75, 3.05) is 0 Å². The van der Waals surface area contributed by atoms with Crippen LogP contribution >= 0.6 is 0 Å². The van der Waals surface area contributed by atoms with Crippen LogP contribution in [0.4, 0.5) is 0 Å². The van der Waals surface area contributed by atoms with E-state index in [2.05, 4.69) is 85.7 Å². The lowest BCUT2D eigenvalue weighted by atomic mass is 9.65. The van der Waals surface area contributed by atoms with Crippen LogP contribution in [-0.4, -0.2) is 0 Å². The lowest BCUT2D eigenvalue weighted by molar-refractivity contribution is 0.111. The molecule has 4 saturated carbocycles. The molecule has 0 nitrogen and oxygen atoms in total. The molecule has 0 heterocycles. The molecule has 2 unspecified atom stereocenters. The molecule has 0 heteroatoms. The van der Waals surface area contributed by atoms with Crippen LogP contribution in [0.15, 0.2) is 30.3 Å². The first-order valence-electron chi connectivity index (χ1n) is 18.6. The van der Waals surface area contributed by atoms with Crippen LogP contribution in [0.1, 0.15) is 189 Å². The largest absolute Gasteiger partial charge is 0.0649 e. The number of hydrogen-bond donors (Lipinski definition) is 0. The van der Waals surface area contributed by atoms with Gasteiger partial charge in [0.2, 0.25) is 0 Å². The van der Waals surface area contributed by atoms with Crippen LogP contribution in [0.3, 0.4) is 0 Å². The van der Waals surface area contributed by atoms with E-state index in [4.69, 9.17) is 0 Å². The van der Waals surface area contributed by atoms with Gasteiger partial charge in [0.05, 0.1) is 0 Å². The smallest absolute Gasteiger partial charge is 0.0162 e. The average molecular weight is 565 g/mol. The SMILES string of the molecule is CCC1(C)CC(C)CC(C)C1.CCC1(C)CCC(C2CCCCC2)CC1.CCC1(C)CCC(c2ccccc2)CC1. The molecular formula is C41H72. The standard InChI is InChI=1S/C15H28.C15H22.C11H22/c2*1-3-15(2)11-9-14(10-12-15)13-7-5-4-6-8-13;1-5-11(4)7-9(2)6-10(3)8-11/h13-14H,3-12H2,1-2H3;4-8,14H,3,9-12H2,1-2H3;9-10H,5-8H2,1-4H3. The van der Waals surface area contributed by atoms with Crippen LogP contribution in [0, 0.1) is 39.9 Å². The van der Waals surface area contributed by atoms with Gasteiger partial charge in [0.1, 0.15) is 0 Å². The molecule has 0 saturated heterocycles. The lowest BCUT2D eigenvalue weighted by Gasteiger charge is -2.40. The van der Waals surface area contributed by atoms with Crippen LogP contribution in [0.5, 0.6) is 0 Å². The highest BCUT2D eigenvalue weighted by atomic mass is 14.4. The quantitative estimate of drug-likeness (QED) is 0.333. The van der Waals surface area contributed by atoms with Gasteiger partial charge in [0.15, 0.2) is 0 Å². The van der Waals surface area contributed by atoms with E-state index in [9.17, 15) is 0 Å². The van der Waals surface area contributed by atoms with Crippen molar-refractivity contribution in [1.29, 1.82) is 0 Å². The second-order valence-electron chi connectivity index (χ2n) is 16.8. The summed E-state index contributed by atoms with van der Waals surface area (Å²) in [6.07, 6.45) is 27.8. The summed E-state index contributed by atoms with van der Waals surface area (Å²) in [5.41, 5.74) is 3.55. The zero-order valence-electron chi connectivity index (χ0n) is 29.2. The minimum absolute atomic E-state index is 0.630. The Hall–Kier alpha value is -0.780. The maximum absolute atomic E-state index is 2.50. The van der Waals surface area contributed by atoms with Gasteiger partial charge in [0.25, 0.3) is 0 Å². The monoisotopic (exact) mass is 565 g/mol. The maximum atomic E-state index is 2.50. The summed E-state index contributed by atoms with van der Waals surface area (Å²) in [4.78, 5) is 0. The first-order chi connectivity index (χ1) is 19.5. The van der Waals surface area contributed by atoms with E-state index < -0.39 is 0 Å². The fraction of sp³-hybridized carbons (Fsp3) is 0.854. The molecule has 1 aromatic rings. The molecule has 5 rings (SSSR count). The van der Waals surface area contributed by atoms with Crippen molar-refractivity contribution in [3.8, 4) is 0 Å². The van der Waals surface area contributed by atoms with E-state index in [-0.39, 0.29) is 0 Å². The Kier molecular flexibility index (Phi) is 13.8. The molecule has 0 N–H and O–H groups in total. The summed E-state index contributed by atoms with van der Waals surface area (Å²) in [6, 6.07) is 11.0. The molecule has 0 aliphatic heterocycles. The molecule has 4 aliphatic carbocycles. The van der Waals surface area contributed by atoms with Crippen molar-refractivity contribution in [3.05, 3.63) is 35.9 Å². The van der Waals surface area contributed by atoms with Crippen molar-refractivity contribution in [2.24, 2.45) is 39.9 Å². The Morgan fingerprint density at radius 1 is 0.561 bits per heavy atom. The summed E-state index contributed by atoms with van der Waals surface area (Å²) >= 11 is 0. The fourth-order valence-electron chi connectivity index (χ4n) is 9.40. The molecule has 4 fully saturated rings. The van der Waals surface area contributed by atoms with Gasteiger partial charge in [-0.05, 0) is 122 Å². The van der Waals surface area contributed by atoms with Gasteiger partial charge in [-0.1, -0.05) is 137 Å². The molecule has 0 spiro atoms. The molecule has 41 heavy (non-hydrogen) atoms. The zero-order valence-corrected chi connectivity index (χ0v) is 29.2. The molecule has 0 amide bonds. The van der Waals surface area contributed by atoms with Crippen LogP contribution in [0.2, 0.25) is 0 Å². The van der Waals surface area contributed by atoms with Crippen LogP contribution in [0.25, 0.3) is 0 Å². The highest BCUT2D eigenvalue weighted by molar-refractivity contribution is 5.20. The normalized spacial score (nSPS) is 38.1. The van der Waals surface area contributed by atoms with E-state index in [1.807, 2.05) is 0 Å². The fourth-order valence-corrected chi connectivity index (χ4v) is 9.40. The van der Waals surface area contributed by atoms with Crippen molar-refractivity contribution < 1.29 is 0 Å². The van der Waals surface area contributed by atoms with Gasteiger partial charge in [-0.2, -0.15) is 0 Å². The Morgan fingerprint density at radius 3 is 1.46 bits per heavy atom. The molecule has 4 aliphatic rings. The Balaban J connectivity index is 0.000000172. The van der Waals surface area contributed by atoms with Gasteiger partial charge in [0, 0.05) is 0 Å². The molecule has 0 bridgehead atoms. The number of hydrogen-bond acceptors (Lipinski definition) is 0. The summed E-state index contributed by atoms with van der Waals surface area (Å²) in [5, 5.41) is 0. The van der Waals surface area contributed by atoms with Crippen molar-refractivity contribution >= 4 is 0 Å². The van der Waals surface area contributed by atoms with E-state index in [1.165, 1.54) is 109 Å². The lowest BCUT2D eigenvalue weighted by Crippen LogP contribution is -2.28. The Bertz CT molecular complexity index is 803. The highest BCUT2D eigenvalue weighted by Gasteiger charge is 2.34. The van der Waals surface area contributed by atoms with Crippen LogP contribution in [-0.2, 0) is 0 Å². The van der Waals surface area contributed by atoms with Gasteiger partial charge in [-0.15, -0.1) is 0 Å². The van der Waals surface area contributed by atoms with Gasteiger partial charge in [-0.25, -0.2) is 0 Å². The summed E-state index contributed by atoms with van der Waals surface area (Å²) in [5.74, 6) is 4.96. The van der Waals surface area contributed by atoms with E-state index in [0.717, 1.165) is 29.6 Å². The molecule has 0 aromatic heterocycles. The second-order valence-corrected chi connectivity index (χ2v) is 16.8. The third-order valence-electron chi connectivity index (χ3n) is 13.1. The zero-order chi connectivity index (χ0) is 29.9. The molecule has 236 valence electrons. The summed E-state index contributed by atoms with van der Waals surface area (Å²) in [6.45, 7) is 19.3. The minimum atomic E-state index is 0.630. The first kappa shape index (κ1) is 34.7. The van der Waals surface area contributed by atoms with Gasteiger partial charge >= 0.3 is 0 Å². The second kappa shape index (κ2) is 16.3. The molecule has 1 aromatic carbocycles. The summed E-state index contributed by atoms with van der Waals surface area (Å²) in [7, 11) is 0. The first-order valence-corrected chi connectivity index (χ1v) is 18.6. The highest BCUT2D eigenvalue weighted by Crippen LogP contribution is 2.47. The number of rotatable bonds is 5. The van der Waals surface area contributed by atoms with Crippen molar-refractivity contribution in [3.63, 3.8) is 0 Å². The third kappa shape index (κ3) is 11.0. The van der Waals surface area contributed by atoms with Gasteiger partial charge < -0.3 is 0 Å². The maximum Gasteiger partial charge on any atom is -0.0162 e. The average Bonchev–Trinajstić information content (AvgIpc) is 2.99. The number of benzene rings is 1. The van der Waals surface area contributed by atoms with Crippen LogP contribution < -0.4 is 0 Å². The predicted molar refractivity (Wildman–Crippen MR) is 184 cm³/mol.